The summed E-state index contributed by atoms with van der Waals surface area (Å²) in [6.07, 6.45) is 3.88. The minimum Gasteiger partial charge on any atom is -0.350 e. The Morgan fingerprint density at radius 3 is 2.30 bits per heavy atom. The minimum absolute atomic E-state index is 0.157. The van der Waals surface area contributed by atoms with Gasteiger partial charge in [-0.25, -0.2) is 4.68 Å². The van der Waals surface area contributed by atoms with E-state index in [0.29, 0.717) is 18.2 Å². The van der Waals surface area contributed by atoms with Crippen molar-refractivity contribution in [1.29, 1.82) is 0 Å². The summed E-state index contributed by atoms with van der Waals surface area (Å²) in [5.41, 5.74) is 5.10. The molecule has 30 heavy (non-hydrogen) atoms. The van der Waals surface area contributed by atoms with Gasteiger partial charge in [-0.15, -0.1) is 5.10 Å². The van der Waals surface area contributed by atoms with Gasteiger partial charge in [0.05, 0.1) is 11.9 Å². The number of rotatable bonds is 6. The highest BCUT2D eigenvalue weighted by molar-refractivity contribution is 5.91. The van der Waals surface area contributed by atoms with Crippen LogP contribution in [0.15, 0.2) is 54.7 Å². The fourth-order valence-corrected chi connectivity index (χ4v) is 3.82. The highest BCUT2D eigenvalue weighted by Gasteiger charge is 2.20. The maximum absolute atomic E-state index is 12.5. The highest BCUT2D eigenvalue weighted by atomic mass is 16.2. The van der Waals surface area contributed by atoms with Gasteiger partial charge in [-0.1, -0.05) is 52.7 Å². The molecule has 2 heterocycles. The van der Waals surface area contributed by atoms with Crippen LogP contribution >= 0.6 is 0 Å². The van der Waals surface area contributed by atoms with E-state index in [2.05, 4.69) is 51.7 Å². The summed E-state index contributed by atoms with van der Waals surface area (Å²) in [7, 11) is 0. The Morgan fingerprint density at radius 2 is 1.63 bits per heavy atom. The van der Waals surface area contributed by atoms with Crippen molar-refractivity contribution in [3.8, 4) is 5.69 Å². The van der Waals surface area contributed by atoms with Crippen LogP contribution in [0.25, 0.3) is 5.69 Å². The van der Waals surface area contributed by atoms with Crippen LogP contribution in [0.3, 0.4) is 0 Å². The molecule has 1 aliphatic rings. The number of nitrogens with one attached hydrogen (secondary N) is 1. The highest BCUT2D eigenvalue weighted by Crippen LogP contribution is 2.19. The number of carbonyl (C=O) groups is 1. The van der Waals surface area contributed by atoms with Crippen LogP contribution in [0, 0.1) is 19.8 Å². The first kappa shape index (κ1) is 20.3. The third-order valence-corrected chi connectivity index (χ3v) is 5.81. The summed E-state index contributed by atoms with van der Waals surface area (Å²) in [6.45, 7) is 7.98. The number of hydrogen-bond donors (Lipinski definition) is 1. The third kappa shape index (κ3) is 5.13. The molecule has 0 unspecified atom stereocenters. The van der Waals surface area contributed by atoms with Crippen LogP contribution in [0.5, 0.6) is 0 Å². The number of nitrogens with zero attached hydrogens (tertiary/aromatic N) is 4. The molecular weight excluding hydrogens is 374 g/mol. The van der Waals surface area contributed by atoms with Crippen LogP contribution in [0.4, 0.5) is 0 Å². The normalized spacial score (nSPS) is 15.3. The Kier molecular flexibility index (Phi) is 6.23. The average molecular weight is 404 g/mol. The number of amides is 1. The van der Waals surface area contributed by atoms with Crippen LogP contribution in [0.2, 0.25) is 0 Å². The maximum Gasteiger partial charge on any atom is 0.273 e. The molecule has 0 spiro atoms. The van der Waals surface area contributed by atoms with Crippen molar-refractivity contribution < 1.29 is 4.79 Å². The summed E-state index contributed by atoms with van der Waals surface area (Å²) in [4.78, 5) is 15.0. The number of aryl methyl sites for hydroxylation is 2. The molecule has 0 atom stereocenters. The summed E-state index contributed by atoms with van der Waals surface area (Å²) in [5.74, 6) is 0.353. The lowest BCUT2D eigenvalue weighted by atomic mass is 9.96. The molecule has 156 valence electrons. The summed E-state index contributed by atoms with van der Waals surface area (Å²) >= 11 is 0. The second kappa shape index (κ2) is 9.22. The fourth-order valence-electron chi connectivity index (χ4n) is 3.82. The second-order valence-electron chi connectivity index (χ2n) is 8.30. The zero-order valence-electron chi connectivity index (χ0n) is 17.7. The summed E-state index contributed by atoms with van der Waals surface area (Å²) in [5, 5.41) is 11.2. The SMILES string of the molecule is Cc1ccc(CN2CCC(CNC(=O)c3cn(-c4ccc(C)cc4)nn3)CC2)cc1. The molecule has 0 bridgehead atoms. The zero-order chi connectivity index (χ0) is 20.9. The predicted molar refractivity (Wildman–Crippen MR) is 118 cm³/mol. The molecule has 1 aromatic heterocycles. The predicted octanol–water partition coefficient (Wildman–Crippen LogP) is 3.53. The molecule has 0 radical (unpaired) electrons. The Hall–Kier alpha value is -2.99. The standard InChI is InChI=1S/C24H29N5O/c1-18-3-7-21(8-4-18)16-28-13-11-20(12-14-28)15-25-24(30)23-17-29(27-26-23)22-9-5-19(2)6-10-22/h3-10,17,20H,11-16H2,1-2H3,(H,25,30). The van der Waals surface area contributed by atoms with Crippen molar-refractivity contribution >= 4 is 5.91 Å². The Morgan fingerprint density at radius 1 is 1.00 bits per heavy atom. The molecule has 1 saturated heterocycles. The van der Waals surface area contributed by atoms with Gasteiger partial charge in [0.15, 0.2) is 5.69 Å². The molecule has 6 nitrogen and oxygen atoms in total. The van der Waals surface area contributed by atoms with E-state index in [1.54, 1.807) is 10.9 Å². The zero-order valence-corrected chi connectivity index (χ0v) is 17.7. The first-order chi connectivity index (χ1) is 14.6. The van der Waals surface area contributed by atoms with E-state index in [-0.39, 0.29) is 5.91 Å². The Bertz CT molecular complexity index is 970. The van der Waals surface area contributed by atoms with Crippen LogP contribution in [-0.2, 0) is 6.54 Å². The molecule has 4 rings (SSSR count). The molecule has 1 aliphatic heterocycles. The largest absolute Gasteiger partial charge is 0.350 e. The Balaban J connectivity index is 1.23. The summed E-state index contributed by atoms with van der Waals surface area (Å²) in [6, 6.07) is 16.7. The lowest BCUT2D eigenvalue weighted by molar-refractivity contribution is 0.0930. The van der Waals surface area contributed by atoms with Gasteiger partial charge in [-0.2, -0.15) is 0 Å². The number of aromatic nitrogens is 3. The van der Waals surface area contributed by atoms with Crippen molar-refractivity contribution in [3.63, 3.8) is 0 Å². The van der Waals surface area contributed by atoms with E-state index >= 15 is 0 Å². The van der Waals surface area contributed by atoms with Gasteiger partial charge < -0.3 is 5.32 Å². The van der Waals surface area contributed by atoms with E-state index < -0.39 is 0 Å². The molecular formula is C24H29N5O. The van der Waals surface area contributed by atoms with Crippen molar-refractivity contribution in [3.05, 3.63) is 77.1 Å². The van der Waals surface area contributed by atoms with Gasteiger partial charge in [0, 0.05) is 13.1 Å². The van der Waals surface area contributed by atoms with Crippen molar-refractivity contribution in [2.45, 2.75) is 33.2 Å². The lowest BCUT2D eigenvalue weighted by Crippen LogP contribution is -2.38. The van der Waals surface area contributed by atoms with Gasteiger partial charge in [0.25, 0.3) is 5.91 Å². The molecule has 0 aliphatic carbocycles. The van der Waals surface area contributed by atoms with Crippen LogP contribution < -0.4 is 5.32 Å². The number of hydrogen-bond acceptors (Lipinski definition) is 4. The maximum atomic E-state index is 12.5. The number of carbonyl (C=O) groups excluding carboxylic acids is 1. The summed E-state index contributed by atoms with van der Waals surface area (Å²) < 4.78 is 1.64. The van der Waals surface area contributed by atoms with E-state index in [1.165, 1.54) is 16.7 Å². The van der Waals surface area contributed by atoms with E-state index in [4.69, 9.17) is 0 Å². The molecule has 2 aromatic carbocycles. The van der Waals surface area contributed by atoms with Crippen molar-refractivity contribution in [2.24, 2.45) is 5.92 Å². The first-order valence-corrected chi connectivity index (χ1v) is 10.6. The average Bonchev–Trinajstić information content (AvgIpc) is 3.25. The van der Waals surface area contributed by atoms with Crippen LogP contribution in [-0.4, -0.2) is 45.4 Å². The molecule has 3 aromatic rings. The van der Waals surface area contributed by atoms with Gasteiger partial charge in [0.2, 0.25) is 0 Å². The topological polar surface area (TPSA) is 63.1 Å². The van der Waals surface area contributed by atoms with Gasteiger partial charge in [-0.3, -0.25) is 9.69 Å². The second-order valence-corrected chi connectivity index (χ2v) is 8.30. The van der Waals surface area contributed by atoms with Gasteiger partial charge in [-0.05, 0) is 63.4 Å². The van der Waals surface area contributed by atoms with Gasteiger partial charge in [0.1, 0.15) is 0 Å². The van der Waals surface area contributed by atoms with Crippen LogP contribution in [0.1, 0.15) is 40.0 Å². The minimum atomic E-state index is -0.157. The first-order valence-electron chi connectivity index (χ1n) is 10.6. The number of piperidine rings is 1. The lowest BCUT2D eigenvalue weighted by Gasteiger charge is -2.32. The monoisotopic (exact) mass is 403 g/mol. The Labute approximate surface area is 177 Å². The molecule has 0 saturated carbocycles. The van der Waals surface area contributed by atoms with E-state index in [1.807, 2.05) is 31.2 Å². The molecule has 6 heteroatoms. The van der Waals surface area contributed by atoms with Crippen molar-refractivity contribution in [1.82, 2.24) is 25.2 Å². The quantitative estimate of drug-likeness (QED) is 0.684. The molecule has 1 fully saturated rings. The molecule has 1 N–H and O–H groups in total. The smallest absolute Gasteiger partial charge is 0.273 e. The molecule has 1 amide bonds. The fraction of sp³-hybridized carbons (Fsp3) is 0.375. The van der Waals surface area contributed by atoms with Gasteiger partial charge >= 0.3 is 0 Å². The van der Waals surface area contributed by atoms with Crippen molar-refractivity contribution in [2.75, 3.05) is 19.6 Å². The van der Waals surface area contributed by atoms with E-state index in [0.717, 1.165) is 38.2 Å². The number of benzene rings is 2. The third-order valence-electron chi connectivity index (χ3n) is 5.81. The van der Waals surface area contributed by atoms with E-state index in [9.17, 15) is 4.79 Å². The number of likely N-dealkylation sites (tertiary alicyclic amines) is 1.